The van der Waals surface area contributed by atoms with Crippen molar-refractivity contribution in [2.24, 2.45) is 0 Å². The molecule has 0 unspecified atom stereocenters. The molecular formula is C13H10BrN3O4. The topological polar surface area (TPSA) is 105 Å². The van der Waals surface area contributed by atoms with Gasteiger partial charge in [0.15, 0.2) is 5.69 Å². The number of nitro groups is 1. The maximum absolute atomic E-state index is 11.0. The Morgan fingerprint density at radius 3 is 2.67 bits per heavy atom. The number of anilines is 2. The van der Waals surface area contributed by atoms with Crippen molar-refractivity contribution in [2.75, 3.05) is 5.32 Å². The van der Waals surface area contributed by atoms with Crippen molar-refractivity contribution < 1.29 is 14.8 Å². The van der Waals surface area contributed by atoms with E-state index in [4.69, 9.17) is 5.11 Å². The van der Waals surface area contributed by atoms with Gasteiger partial charge in [-0.25, -0.2) is 9.78 Å². The molecule has 0 aliphatic rings. The summed E-state index contributed by atoms with van der Waals surface area (Å²) in [6.45, 7) is 1.90. The number of nitrogens with zero attached hydrogens (tertiary/aromatic N) is 2. The summed E-state index contributed by atoms with van der Waals surface area (Å²) in [7, 11) is 0. The van der Waals surface area contributed by atoms with Crippen LogP contribution in [0.15, 0.2) is 34.8 Å². The number of pyridine rings is 1. The van der Waals surface area contributed by atoms with E-state index in [2.05, 4.69) is 26.2 Å². The van der Waals surface area contributed by atoms with Crippen LogP contribution in [0, 0.1) is 17.0 Å². The SMILES string of the molecule is Cc1ccc(Nc2nc(C(=O)O)ccc2[N+](=O)[O-])cc1Br. The van der Waals surface area contributed by atoms with Crippen LogP contribution < -0.4 is 5.32 Å². The molecule has 8 heteroatoms. The van der Waals surface area contributed by atoms with E-state index in [1.807, 2.05) is 13.0 Å². The Morgan fingerprint density at radius 1 is 1.38 bits per heavy atom. The van der Waals surface area contributed by atoms with Gasteiger partial charge >= 0.3 is 11.7 Å². The van der Waals surface area contributed by atoms with Gasteiger partial charge < -0.3 is 10.4 Å². The molecule has 0 spiro atoms. The summed E-state index contributed by atoms with van der Waals surface area (Å²) in [5, 5.41) is 22.7. The third-order valence-electron chi connectivity index (χ3n) is 2.72. The lowest BCUT2D eigenvalue weighted by Gasteiger charge is -2.08. The van der Waals surface area contributed by atoms with Crippen LogP contribution in [0.1, 0.15) is 16.1 Å². The van der Waals surface area contributed by atoms with Crippen molar-refractivity contribution in [1.82, 2.24) is 4.98 Å². The van der Waals surface area contributed by atoms with Gasteiger partial charge in [-0.15, -0.1) is 0 Å². The number of hydrogen-bond acceptors (Lipinski definition) is 5. The summed E-state index contributed by atoms with van der Waals surface area (Å²) in [6.07, 6.45) is 0. The number of halogens is 1. The Morgan fingerprint density at radius 2 is 2.10 bits per heavy atom. The van der Waals surface area contributed by atoms with E-state index < -0.39 is 10.9 Å². The Labute approximate surface area is 127 Å². The number of carboxylic acid groups (broad SMARTS) is 1. The minimum absolute atomic E-state index is 0.115. The van der Waals surface area contributed by atoms with E-state index >= 15 is 0 Å². The number of rotatable bonds is 4. The van der Waals surface area contributed by atoms with Crippen LogP contribution in [0.3, 0.4) is 0 Å². The summed E-state index contributed by atoms with van der Waals surface area (Å²) < 4.78 is 0.824. The maximum atomic E-state index is 11.0. The molecule has 1 aromatic heterocycles. The van der Waals surface area contributed by atoms with Crippen molar-refractivity contribution in [3.63, 3.8) is 0 Å². The molecule has 0 atom stereocenters. The summed E-state index contributed by atoms with van der Waals surface area (Å²) in [6, 6.07) is 7.48. The number of nitrogens with one attached hydrogen (secondary N) is 1. The molecule has 1 heterocycles. The standard InChI is InChI=1S/C13H10BrN3O4/c1-7-2-3-8(6-9(7)14)15-12-11(17(20)21)5-4-10(16-12)13(18)19/h2-6H,1H3,(H,15,16)(H,18,19). The first kappa shape index (κ1) is 14.9. The fourth-order valence-corrected chi connectivity index (χ4v) is 2.00. The zero-order valence-electron chi connectivity index (χ0n) is 10.8. The van der Waals surface area contributed by atoms with E-state index in [1.165, 1.54) is 0 Å². The van der Waals surface area contributed by atoms with Crippen LogP contribution in [0.2, 0.25) is 0 Å². The highest BCUT2D eigenvalue weighted by Crippen LogP contribution is 2.28. The Balaban J connectivity index is 2.45. The monoisotopic (exact) mass is 351 g/mol. The van der Waals surface area contributed by atoms with Gasteiger partial charge in [0.2, 0.25) is 5.82 Å². The molecule has 0 radical (unpaired) electrons. The third-order valence-corrected chi connectivity index (χ3v) is 3.58. The average Bonchev–Trinajstić information content (AvgIpc) is 2.42. The minimum atomic E-state index is -1.25. The van der Waals surface area contributed by atoms with Crippen molar-refractivity contribution in [1.29, 1.82) is 0 Å². The van der Waals surface area contributed by atoms with Crippen LogP contribution in [0.4, 0.5) is 17.2 Å². The van der Waals surface area contributed by atoms with Gasteiger partial charge in [-0.2, -0.15) is 0 Å². The van der Waals surface area contributed by atoms with Crippen LogP contribution in [0.25, 0.3) is 0 Å². The van der Waals surface area contributed by atoms with E-state index in [9.17, 15) is 14.9 Å². The molecule has 2 aromatic rings. The molecule has 0 aliphatic carbocycles. The molecule has 7 nitrogen and oxygen atoms in total. The van der Waals surface area contributed by atoms with E-state index in [1.54, 1.807) is 12.1 Å². The van der Waals surface area contributed by atoms with E-state index in [0.717, 1.165) is 22.2 Å². The highest BCUT2D eigenvalue weighted by molar-refractivity contribution is 9.10. The molecule has 0 saturated heterocycles. The molecule has 0 amide bonds. The number of aromatic carboxylic acids is 1. The second-order valence-electron chi connectivity index (χ2n) is 4.22. The average molecular weight is 352 g/mol. The van der Waals surface area contributed by atoms with E-state index in [-0.39, 0.29) is 17.2 Å². The Hall–Kier alpha value is -2.48. The third kappa shape index (κ3) is 3.34. The number of carboxylic acids is 1. The molecule has 21 heavy (non-hydrogen) atoms. The van der Waals surface area contributed by atoms with Crippen LogP contribution >= 0.6 is 15.9 Å². The van der Waals surface area contributed by atoms with Gasteiger partial charge in [0.05, 0.1) is 4.92 Å². The molecular weight excluding hydrogens is 342 g/mol. The normalized spacial score (nSPS) is 10.2. The number of aryl methyl sites for hydroxylation is 1. The van der Waals surface area contributed by atoms with Gasteiger partial charge in [0.1, 0.15) is 0 Å². The zero-order valence-corrected chi connectivity index (χ0v) is 12.4. The van der Waals surface area contributed by atoms with Crippen molar-refractivity contribution in [3.05, 3.63) is 56.2 Å². The van der Waals surface area contributed by atoms with Crippen LogP contribution in [-0.4, -0.2) is 21.0 Å². The summed E-state index contributed by atoms with van der Waals surface area (Å²) in [5.74, 6) is -1.37. The quantitative estimate of drug-likeness (QED) is 0.644. The first-order valence-electron chi connectivity index (χ1n) is 5.80. The lowest BCUT2D eigenvalue weighted by Crippen LogP contribution is -2.06. The minimum Gasteiger partial charge on any atom is -0.477 e. The van der Waals surface area contributed by atoms with E-state index in [0.29, 0.717) is 5.69 Å². The van der Waals surface area contributed by atoms with Gasteiger partial charge in [-0.05, 0) is 30.7 Å². The summed E-state index contributed by atoms with van der Waals surface area (Å²) in [5.41, 5.74) is 0.999. The lowest BCUT2D eigenvalue weighted by atomic mass is 10.2. The van der Waals surface area contributed by atoms with Gasteiger partial charge in [-0.3, -0.25) is 10.1 Å². The van der Waals surface area contributed by atoms with Gasteiger partial charge in [-0.1, -0.05) is 22.0 Å². The number of benzene rings is 1. The first-order chi connectivity index (χ1) is 9.88. The van der Waals surface area contributed by atoms with Crippen molar-refractivity contribution in [2.45, 2.75) is 6.92 Å². The molecule has 108 valence electrons. The van der Waals surface area contributed by atoms with Gasteiger partial charge in [0, 0.05) is 16.2 Å². The van der Waals surface area contributed by atoms with Crippen molar-refractivity contribution in [3.8, 4) is 0 Å². The molecule has 0 fully saturated rings. The Bertz CT molecular complexity index is 733. The molecule has 0 bridgehead atoms. The summed E-state index contributed by atoms with van der Waals surface area (Å²) in [4.78, 5) is 25.1. The van der Waals surface area contributed by atoms with Gasteiger partial charge in [0.25, 0.3) is 0 Å². The summed E-state index contributed by atoms with van der Waals surface area (Å²) >= 11 is 3.36. The molecule has 1 aromatic carbocycles. The maximum Gasteiger partial charge on any atom is 0.354 e. The molecule has 0 aliphatic heterocycles. The number of carbonyl (C=O) groups is 1. The highest BCUT2D eigenvalue weighted by Gasteiger charge is 2.18. The highest BCUT2D eigenvalue weighted by atomic mass is 79.9. The number of hydrogen-bond donors (Lipinski definition) is 2. The fourth-order valence-electron chi connectivity index (χ4n) is 1.62. The first-order valence-corrected chi connectivity index (χ1v) is 6.59. The Kier molecular flexibility index (Phi) is 4.18. The molecule has 0 saturated carbocycles. The largest absolute Gasteiger partial charge is 0.477 e. The predicted molar refractivity (Wildman–Crippen MR) is 80.0 cm³/mol. The second-order valence-corrected chi connectivity index (χ2v) is 5.07. The fraction of sp³-hybridized carbons (Fsp3) is 0.0769. The predicted octanol–water partition coefficient (Wildman–Crippen LogP) is 3.50. The molecule has 2 rings (SSSR count). The molecule has 2 N–H and O–H groups in total. The number of aromatic nitrogens is 1. The second kappa shape index (κ2) is 5.88. The lowest BCUT2D eigenvalue weighted by molar-refractivity contribution is -0.384. The van der Waals surface area contributed by atoms with Crippen LogP contribution in [0.5, 0.6) is 0 Å². The smallest absolute Gasteiger partial charge is 0.354 e. The zero-order chi connectivity index (χ0) is 15.6. The van der Waals surface area contributed by atoms with Crippen LogP contribution in [-0.2, 0) is 0 Å². The van der Waals surface area contributed by atoms with Crippen molar-refractivity contribution >= 4 is 39.1 Å².